The molecule has 1 fully saturated rings. The molecule has 0 radical (unpaired) electrons. The summed E-state index contributed by atoms with van der Waals surface area (Å²) in [5.41, 5.74) is 7.11. The molecule has 0 saturated carbocycles. The third-order valence-electron chi connectivity index (χ3n) is 4.09. The van der Waals surface area contributed by atoms with Crippen LogP contribution in [0.3, 0.4) is 0 Å². The fourth-order valence-electron chi connectivity index (χ4n) is 2.56. The van der Waals surface area contributed by atoms with Gasteiger partial charge in [-0.2, -0.15) is 0 Å². The van der Waals surface area contributed by atoms with Gasteiger partial charge in [-0.3, -0.25) is 4.79 Å². The molecule has 0 bridgehead atoms. The maximum Gasteiger partial charge on any atom is 0.258 e. The zero-order valence-corrected chi connectivity index (χ0v) is 14.3. The summed E-state index contributed by atoms with van der Waals surface area (Å²) in [5, 5.41) is 7.55. The predicted molar refractivity (Wildman–Crippen MR) is 91.2 cm³/mol. The van der Waals surface area contributed by atoms with Crippen LogP contribution in [0, 0.1) is 12.3 Å². The Morgan fingerprint density at radius 2 is 2.09 bits per heavy atom. The summed E-state index contributed by atoms with van der Waals surface area (Å²) in [5.74, 6) is -0.0800. The van der Waals surface area contributed by atoms with E-state index in [4.69, 9.17) is 15.0 Å². The molecule has 0 atom stereocenters. The van der Waals surface area contributed by atoms with Gasteiger partial charge >= 0.3 is 0 Å². The third kappa shape index (κ3) is 3.74. The van der Waals surface area contributed by atoms with Crippen LogP contribution in [-0.4, -0.2) is 35.8 Å². The van der Waals surface area contributed by atoms with Crippen LogP contribution >= 0.6 is 24.8 Å². The predicted octanol–water partition coefficient (Wildman–Crippen LogP) is 2.07. The molecule has 0 aromatic carbocycles. The van der Waals surface area contributed by atoms with E-state index in [2.05, 4.69) is 15.5 Å². The first-order valence-electron chi connectivity index (χ1n) is 6.96. The molecule has 1 amide bonds. The highest BCUT2D eigenvalue weighted by Gasteiger charge is 2.38. The van der Waals surface area contributed by atoms with Crippen molar-refractivity contribution in [2.24, 2.45) is 11.1 Å². The Hall–Kier alpha value is -1.41. The lowest BCUT2D eigenvalue weighted by molar-refractivity contribution is -0.130. The Kier molecular flexibility index (Phi) is 6.76. The van der Waals surface area contributed by atoms with Crippen molar-refractivity contribution in [3.63, 3.8) is 0 Å². The molecule has 0 aliphatic carbocycles. The van der Waals surface area contributed by atoms with E-state index in [1.807, 2.05) is 13.0 Å². The summed E-state index contributed by atoms with van der Waals surface area (Å²) >= 11 is 0. The van der Waals surface area contributed by atoms with E-state index in [1.165, 1.54) is 0 Å². The summed E-state index contributed by atoms with van der Waals surface area (Å²) in [7, 11) is 0. The number of aromatic nitrogens is 2. The Bertz CT molecular complexity index is 671. The van der Waals surface area contributed by atoms with Crippen LogP contribution in [0.4, 0.5) is 5.69 Å². The van der Waals surface area contributed by atoms with E-state index in [-0.39, 0.29) is 30.7 Å². The van der Waals surface area contributed by atoms with Gasteiger partial charge in [0, 0.05) is 19.8 Å². The summed E-state index contributed by atoms with van der Waals surface area (Å²) in [4.78, 5) is 16.7. The molecule has 3 rings (SSSR count). The number of rotatable bonds is 3. The average molecular weight is 363 g/mol. The number of anilines is 1. The number of fused-ring (bicyclic) bond motifs is 1. The quantitative estimate of drug-likeness (QED) is 0.865. The summed E-state index contributed by atoms with van der Waals surface area (Å²) in [6.45, 7) is 3.27. The van der Waals surface area contributed by atoms with E-state index in [1.54, 1.807) is 6.20 Å². The maximum absolute atomic E-state index is 12.6. The van der Waals surface area contributed by atoms with Crippen LogP contribution in [0.15, 0.2) is 16.8 Å². The number of ether oxygens (including phenoxy) is 1. The van der Waals surface area contributed by atoms with Gasteiger partial charge in [-0.05, 0) is 25.8 Å². The largest absolute Gasteiger partial charge is 0.381 e. The number of nitrogens with zero attached hydrogens (tertiary/aromatic N) is 2. The molecule has 2 aromatic heterocycles. The molecule has 1 aliphatic rings. The highest BCUT2D eigenvalue weighted by atomic mass is 35.5. The molecular weight excluding hydrogens is 343 g/mol. The average Bonchev–Trinajstić information content (AvgIpc) is 2.89. The monoisotopic (exact) mass is 362 g/mol. The zero-order valence-electron chi connectivity index (χ0n) is 12.7. The van der Waals surface area contributed by atoms with Crippen LogP contribution in [0.25, 0.3) is 11.1 Å². The van der Waals surface area contributed by atoms with Gasteiger partial charge in [-0.25, -0.2) is 4.98 Å². The zero-order chi connectivity index (χ0) is 14.9. The van der Waals surface area contributed by atoms with Crippen molar-refractivity contribution in [3.05, 3.63) is 18.0 Å². The maximum atomic E-state index is 12.6. The van der Waals surface area contributed by atoms with Crippen molar-refractivity contribution in [2.45, 2.75) is 19.8 Å². The molecule has 1 aliphatic heterocycles. The second-order valence-corrected chi connectivity index (χ2v) is 5.40. The van der Waals surface area contributed by atoms with Crippen molar-refractivity contribution >= 4 is 47.5 Å². The first-order valence-corrected chi connectivity index (χ1v) is 6.96. The van der Waals surface area contributed by atoms with E-state index in [9.17, 15) is 4.79 Å². The number of nitrogens with one attached hydrogen (secondary N) is 1. The van der Waals surface area contributed by atoms with Crippen LogP contribution in [0.1, 0.15) is 18.5 Å². The summed E-state index contributed by atoms with van der Waals surface area (Å²) in [6, 6.07) is 1.82. The van der Waals surface area contributed by atoms with Gasteiger partial charge in [0.1, 0.15) is 0 Å². The number of aryl methyl sites for hydroxylation is 1. The lowest BCUT2D eigenvalue weighted by Gasteiger charge is -2.34. The Labute approximate surface area is 146 Å². The number of hydrogen-bond donors (Lipinski definition) is 2. The van der Waals surface area contributed by atoms with Gasteiger partial charge in [0.15, 0.2) is 0 Å². The second-order valence-electron chi connectivity index (χ2n) is 5.40. The molecule has 0 unspecified atom stereocenters. The lowest BCUT2D eigenvalue weighted by Crippen LogP contribution is -2.46. The van der Waals surface area contributed by atoms with Gasteiger partial charge in [0.25, 0.3) is 5.71 Å². The van der Waals surface area contributed by atoms with Crippen molar-refractivity contribution < 1.29 is 14.1 Å². The van der Waals surface area contributed by atoms with Crippen LogP contribution < -0.4 is 11.1 Å². The highest BCUT2D eigenvalue weighted by molar-refractivity contribution is 5.96. The fourth-order valence-corrected chi connectivity index (χ4v) is 2.56. The highest BCUT2D eigenvalue weighted by Crippen LogP contribution is 2.31. The van der Waals surface area contributed by atoms with Crippen LogP contribution in [0.2, 0.25) is 0 Å². The van der Waals surface area contributed by atoms with Crippen molar-refractivity contribution in [3.8, 4) is 0 Å². The molecule has 3 heterocycles. The summed E-state index contributed by atoms with van der Waals surface area (Å²) < 4.78 is 10.4. The number of nitrogens with two attached hydrogens (primary N) is 1. The molecule has 1 saturated heterocycles. The van der Waals surface area contributed by atoms with Gasteiger partial charge in [0.05, 0.1) is 28.4 Å². The minimum atomic E-state index is -0.559. The minimum absolute atomic E-state index is 0. The van der Waals surface area contributed by atoms with Gasteiger partial charge in [-0.1, -0.05) is 5.16 Å². The van der Waals surface area contributed by atoms with Crippen molar-refractivity contribution in [2.75, 3.05) is 25.1 Å². The smallest absolute Gasteiger partial charge is 0.258 e. The molecular formula is C14H20Cl2N4O3. The van der Waals surface area contributed by atoms with Crippen molar-refractivity contribution in [1.82, 2.24) is 10.1 Å². The second kappa shape index (κ2) is 7.92. The number of carbonyl (C=O) groups excluding carboxylic acids is 1. The van der Waals surface area contributed by atoms with Gasteiger partial charge in [-0.15, -0.1) is 24.8 Å². The molecule has 0 spiro atoms. The summed E-state index contributed by atoms with van der Waals surface area (Å²) in [6.07, 6.45) is 2.84. The standard InChI is InChI=1S/C14H18N4O3.2ClH/c1-9-11-6-10(7-16-12(11)21-18-9)17-13(19)14(8-15)2-4-20-5-3-14;;/h6-7H,2-5,8,15H2,1H3,(H,17,19);2*1H. The molecule has 9 heteroatoms. The normalized spacial score (nSPS) is 16.3. The van der Waals surface area contributed by atoms with Gasteiger partial charge < -0.3 is 20.3 Å². The Morgan fingerprint density at radius 1 is 1.39 bits per heavy atom. The molecule has 128 valence electrons. The molecule has 23 heavy (non-hydrogen) atoms. The molecule has 3 N–H and O–H groups in total. The number of pyridine rings is 1. The van der Waals surface area contributed by atoms with Gasteiger partial charge in [0.2, 0.25) is 5.91 Å². The van der Waals surface area contributed by atoms with E-state index in [0.717, 1.165) is 11.1 Å². The van der Waals surface area contributed by atoms with E-state index < -0.39 is 5.41 Å². The molecule has 2 aromatic rings. The van der Waals surface area contributed by atoms with Crippen LogP contribution in [0.5, 0.6) is 0 Å². The Balaban J connectivity index is 0.00000132. The first-order chi connectivity index (χ1) is 10.1. The minimum Gasteiger partial charge on any atom is -0.381 e. The third-order valence-corrected chi connectivity index (χ3v) is 4.09. The van der Waals surface area contributed by atoms with Crippen LogP contribution in [-0.2, 0) is 9.53 Å². The molecule has 7 nitrogen and oxygen atoms in total. The van der Waals surface area contributed by atoms with Crippen molar-refractivity contribution in [1.29, 1.82) is 0 Å². The van der Waals surface area contributed by atoms with E-state index >= 15 is 0 Å². The number of hydrogen-bond acceptors (Lipinski definition) is 6. The lowest BCUT2D eigenvalue weighted by atomic mass is 9.79. The SMILES string of the molecule is Cc1noc2ncc(NC(=O)C3(CN)CCOCC3)cc12.Cl.Cl. The number of halogens is 2. The van der Waals surface area contributed by atoms with E-state index in [0.29, 0.717) is 44.0 Å². The number of carbonyl (C=O) groups is 1. The topological polar surface area (TPSA) is 103 Å². The first kappa shape index (κ1) is 19.6. The fraction of sp³-hybridized carbons (Fsp3) is 0.500. The Morgan fingerprint density at radius 3 is 2.74 bits per heavy atom. The number of amides is 1.